The fourth-order valence-electron chi connectivity index (χ4n) is 2.99. The van der Waals surface area contributed by atoms with Crippen molar-refractivity contribution >= 4 is 17.3 Å². The van der Waals surface area contributed by atoms with Crippen LogP contribution in [0.15, 0.2) is 18.2 Å². The molecule has 0 aromatic heterocycles. The molecular formula is C16H26ClN3. The summed E-state index contributed by atoms with van der Waals surface area (Å²) in [4.78, 5) is 4.91. The second-order valence-corrected chi connectivity index (χ2v) is 6.30. The molecule has 1 heterocycles. The summed E-state index contributed by atoms with van der Waals surface area (Å²) in [5, 5.41) is 0.847. The van der Waals surface area contributed by atoms with Gasteiger partial charge < -0.3 is 10.6 Å². The standard InChI is InChI=1S/C16H26ClN3/c1-4-19-7-8-20(11-13(19)3)16-6-5-14(9-12(2)18)10-15(16)17/h5-6,10,12-13H,4,7-9,11,18H2,1-3H3. The van der Waals surface area contributed by atoms with Crippen molar-refractivity contribution in [1.82, 2.24) is 4.90 Å². The summed E-state index contributed by atoms with van der Waals surface area (Å²) in [7, 11) is 0. The molecule has 0 amide bonds. The molecular weight excluding hydrogens is 270 g/mol. The summed E-state index contributed by atoms with van der Waals surface area (Å²) in [6.45, 7) is 10.8. The zero-order valence-electron chi connectivity index (χ0n) is 12.8. The third-order valence-electron chi connectivity index (χ3n) is 4.08. The van der Waals surface area contributed by atoms with Crippen LogP contribution in [0.25, 0.3) is 0 Å². The van der Waals surface area contributed by atoms with Gasteiger partial charge >= 0.3 is 0 Å². The van der Waals surface area contributed by atoms with Gasteiger partial charge in [0.1, 0.15) is 0 Å². The Balaban J connectivity index is 2.10. The SMILES string of the molecule is CCN1CCN(c2ccc(CC(C)N)cc2Cl)CC1C. The van der Waals surface area contributed by atoms with Crippen LogP contribution in [0.5, 0.6) is 0 Å². The number of nitrogens with two attached hydrogens (primary N) is 1. The van der Waals surface area contributed by atoms with Crippen LogP contribution >= 0.6 is 11.6 Å². The highest BCUT2D eigenvalue weighted by Crippen LogP contribution is 2.29. The molecule has 4 heteroatoms. The van der Waals surface area contributed by atoms with Crippen LogP contribution in [0.2, 0.25) is 5.02 Å². The van der Waals surface area contributed by atoms with Gasteiger partial charge in [0, 0.05) is 31.7 Å². The van der Waals surface area contributed by atoms with Crippen molar-refractivity contribution in [1.29, 1.82) is 0 Å². The van der Waals surface area contributed by atoms with E-state index in [9.17, 15) is 0 Å². The van der Waals surface area contributed by atoms with Crippen molar-refractivity contribution < 1.29 is 0 Å². The number of likely N-dealkylation sites (N-methyl/N-ethyl adjacent to an activating group) is 1. The topological polar surface area (TPSA) is 32.5 Å². The van der Waals surface area contributed by atoms with E-state index in [1.54, 1.807) is 0 Å². The number of nitrogens with zero attached hydrogens (tertiary/aromatic N) is 2. The van der Waals surface area contributed by atoms with E-state index in [-0.39, 0.29) is 6.04 Å². The summed E-state index contributed by atoms with van der Waals surface area (Å²) in [5.74, 6) is 0. The predicted molar refractivity (Wildman–Crippen MR) is 87.7 cm³/mol. The lowest BCUT2D eigenvalue weighted by atomic mass is 10.1. The van der Waals surface area contributed by atoms with Crippen LogP contribution in [-0.4, -0.2) is 43.2 Å². The smallest absolute Gasteiger partial charge is 0.0642 e. The van der Waals surface area contributed by atoms with Gasteiger partial charge in [-0.05, 0) is 44.5 Å². The molecule has 2 unspecified atom stereocenters. The van der Waals surface area contributed by atoms with Gasteiger partial charge in [0.05, 0.1) is 10.7 Å². The second-order valence-electron chi connectivity index (χ2n) is 5.89. The maximum atomic E-state index is 6.47. The molecule has 1 aliphatic heterocycles. The average molecular weight is 296 g/mol. The van der Waals surface area contributed by atoms with Crippen molar-refractivity contribution in [2.75, 3.05) is 31.1 Å². The Labute approximate surface area is 127 Å². The van der Waals surface area contributed by atoms with Crippen LogP contribution in [0, 0.1) is 0 Å². The highest BCUT2D eigenvalue weighted by molar-refractivity contribution is 6.33. The van der Waals surface area contributed by atoms with E-state index in [1.807, 2.05) is 6.92 Å². The molecule has 1 aromatic carbocycles. The van der Waals surface area contributed by atoms with Crippen molar-refractivity contribution in [2.24, 2.45) is 5.73 Å². The first-order chi connectivity index (χ1) is 9.51. The number of rotatable bonds is 4. The lowest BCUT2D eigenvalue weighted by molar-refractivity contribution is 0.199. The van der Waals surface area contributed by atoms with Crippen LogP contribution in [0.4, 0.5) is 5.69 Å². The Morgan fingerprint density at radius 1 is 1.40 bits per heavy atom. The Bertz CT molecular complexity index is 447. The molecule has 0 bridgehead atoms. The Kier molecular flexibility index (Phi) is 5.30. The van der Waals surface area contributed by atoms with Gasteiger partial charge in [0.15, 0.2) is 0 Å². The highest BCUT2D eigenvalue weighted by atomic mass is 35.5. The molecule has 2 N–H and O–H groups in total. The first-order valence-corrected chi connectivity index (χ1v) is 7.92. The number of hydrogen-bond donors (Lipinski definition) is 1. The minimum absolute atomic E-state index is 0.171. The molecule has 1 saturated heterocycles. The number of anilines is 1. The molecule has 2 rings (SSSR count). The molecule has 2 atom stereocenters. The van der Waals surface area contributed by atoms with E-state index in [2.05, 4.69) is 41.8 Å². The predicted octanol–water partition coefficient (Wildman–Crippen LogP) is 2.76. The van der Waals surface area contributed by atoms with Crippen LogP contribution < -0.4 is 10.6 Å². The van der Waals surface area contributed by atoms with Crippen molar-refractivity contribution in [3.05, 3.63) is 28.8 Å². The molecule has 0 spiro atoms. The number of hydrogen-bond acceptors (Lipinski definition) is 3. The fourth-order valence-corrected chi connectivity index (χ4v) is 3.31. The van der Waals surface area contributed by atoms with Crippen LogP contribution in [0.1, 0.15) is 26.3 Å². The van der Waals surface area contributed by atoms with Gasteiger partial charge in [-0.3, -0.25) is 4.90 Å². The quantitative estimate of drug-likeness (QED) is 0.927. The molecule has 1 aromatic rings. The second kappa shape index (κ2) is 6.79. The van der Waals surface area contributed by atoms with Crippen molar-refractivity contribution in [3.8, 4) is 0 Å². The van der Waals surface area contributed by atoms with Crippen molar-refractivity contribution in [2.45, 2.75) is 39.3 Å². The summed E-state index contributed by atoms with van der Waals surface area (Å²) < 4.78 is 0. The third-order valence-corrected chi connectivity index (χ3v) is 4.38. The summed E-state index contributed by atoms with van der Waals surface area (Å²) in [5.41, 5.74) is 8.22. The molecule has 0 saturated carbocycles. The lowest BCUT2D eigenvalue weighted by Gasteiger charge is -2.40. The zero-order chi connectivity index (χ0) is 14.7. The van der Waals surface area contributed by atoms with Gasteiger partial charge in [0.2, 0.25) is 0 Å². The van der Waals surface area contributed by atoms with E-state index >= 15 is 0 Å². The molecule has 0 radical (unpaired) electrons. The number of piperazine rings is 1. The van der Waals surface area contributed by atoms with Crippen LogP contribution in [-0.2, 0) is 6.42 Å². The van der Waals surface area contributed by atoms with Gasteiger partial charge in [-0.1, -0.05) is 24.6 Å². The van der Waals surface area contributed by atoms with E-state index in [1.165, 1.54) is 5.56 Å². The van der Waals surface area contributed by atoms with E-state index in [0.29, 0.717) is 6.04 Å². The van der Waals surface area contributed by atoms with Gasteiger partial charge in [-0.25, -0.2) is 0 Å². The van der Waals surface area contributed by atoms with Gasteiger partial charge in [-0.2, -0.15) is 0 Å². The molecule has 1 aliphatic rings. The molecule has 3 nitrogen and oxygen atoms in total. The monoisotopic (exact) mass is 295 g/mol. The Hall–Kier alpha value is -0.770. The zero-order valence-corrected chi connectivity index (χ0v) is 13.5. The van der Waals surface area contributed by atoms with Crippen molar-refractivity contribution in [3.63, 3.8) is 0 Å². The van der Waals surface area contributed by atoms with E-state index in [0.717, 1.165) is 43.3 Å². The maximum Gasteiger partial charge on any atom is 0.0642 e. The summed E-state index contributed by atoms with van der Waals surface area (Å²) >= 11 is 6.47. The van der Waals surface area contributed by atoms with Gasteiger partial charge in [-0.15, -0.1) is 0 Å². The molecule has 20 heavy (non-hydrogen) atoms. The van der Waals surface area contributed by atoms with E-state index < -0.39 is 0 Å². The third kappa shape index (κ3) is 3.66. The average Bonchev–Trinajstić information content (AvgIpc) is 2.38. The first kappa shape index (κ1) is 15.6. The summed E-state index contributed by atoms with van der Waals surface area (Å²) in [6, 6.07) is 7.12. The number of halogens is 1. The summed E-state index contributed by atoms with van der Waals surface area (Å²) in [6.07, 6.45) is 0.875. The Morgan fingerprint density at radius 2 is 2.15 bits per heavy atom. The normalized spacial score (nSPS) is 22.1. The maximum absolute atomic E-state index is 6.47. The number of benzene rings is 1. The lowest BCUT2D eigenvalue weighted by Crippen LogP contribution is -2.51. The minimum Gasteiger partial charge on any atom is -0.367 e. The molecule has 1 fully saturated rings. The largest absolute Gasteiger partial charge is 0.367 e. The fraction of sp³-hybridized carbons (Fsp3) is 0.625. The minimum atomic E-state index is 0.171. The van der Waals surface area contributed by atoms with E-state index in [4.69, 9.17) is 17.3 Å². The van der Waals surface area contributed by atoms with Gasteiger partial charge in [0.25, 0.3) is 0 Å². The highest BCUT2D eigenvalue weighted by Gasteiger charge is 2.23. The molecule has 0 aliphatic carbocycles. The molecule has 112 valence electrons. The van der Waals surface area contributed by atoms with Crippen LogP contribution in [0.3, 0.4) is 0 Å². The first-order valence-electron chi connectivity index (χ1n) is 7.54. The Morgan fingerprint density at radius 3 is 2.70 bits per heavy atom.